The molecule has 188 valence electrons. The Balaban J connectivity index is 1.79. The number of aromatic nitrogens is 1. The van der Waals surface area contributed by atoms with Crippen molar-refractivity contribution in [3.63, 3.8) is 0 Å². The molecule has 0 spiro atoms. The van der Waals surface area contributed by atoms with Crippen LogP contribution in [0.1, 0.15) is 38.5 Å². The molecule has 0 aliphatic carbocycles. The summed E-state index contributed by atoms with van der Waals surface area (Å²) in [5, 5.41) is 2.63. The minimum absolute atomic E-state index is 0.0152. The molecule has 6 nitrogen and oxygen atoms in total. The number of hydrogen-bond acceptors (Lipinski definition) is 5. The van der Waals surface area contributed by atoms with Crippen molar-refractivity contribution >= 4 is 27.7 Å². The Morgan fingerprint density at radius 1 is 1.17 bits per heavy atom. The van der Waals surface area contributed by atoms with E-state index in [1.165, 1.54) is 24.4 Å². The first-order valence-corrected chi connectivity index (χ1v) is 11.7. The van der Waals surface area contributed by atoms with Gasteiger partial charge in [0.05, 0.1) is 12.0 Å². The SMILES string of the molecule is CC(C)C[C@](C)(N)COc1ccc(-c2ccnc(NC(=O)Cc3ccc(Br)o3)c2)cc1C(F)(F)F. The van der Waals surface area contributed by atoms with Gasteiger partial charge in [-0.15, -0.1) is 0 Å². The van der Waals surface area contributed by atoms with Gasteiger partial charge in [-0.3, -0.25) is 4.79 Å². The molecule has 0 aliphatic rings. The molecule has 3 aromatic rings. The topological polar surface area (TPSA) is 90.4 Å². The Morgan fingerprint density at radius 2 is 1.89 bits per heavy atom. The van der Waals surface area contributed by atoms with E-state index in [1.54, 1.807) is 25.1 Å². The number of hydrogen-bond donors (Lipinski definition) is 2. The van der Waals surface area contributed by atoms with E-state index in [-0.39, 0.29) is 36.4 Å². The molecule has 0 radical (unpaired) electrons. The van der Waals surface area contributed by atoms with E-state index in [0.717, 1.165) is 6.07 Å². The number of ether oxygens (including phenoxy) is 1. The van der Waals surface area contributed by atoms with Crippen molar-refractivity contribution in [2.45, 2.75) is 45.3 Å². The van der Waals surface area contributed by atoms with Crippen LogP contribution >= 0.6 is 15.9 Å². The molecule has 2 heterocycles. The molecule has 2 aromatic heterocycles. The van der Waals surface area contributed by atoms with Gasteiger partial charge in [-0.1, -0.05) is 19.9 Å². The predicted molar refractivity (Wildman–Crippen MR) is 131 cm³/mol. The average Bonchev–Trinajstić information content (AvgIpc) is 3.15. The Hall–Kier alpha value is -2.85. The third-order valence-corrected chi connectivity index (χ3v) is 5.47. The molecule has 0 unspecified atom stereocenters. The molecule has 0 aliphatic heterocycles. The highest BCUT2D eigenvalue weighted by molar-refractivity contribution is 9.10. The molecule has 1 aromatic carbocycles. The average molecular weight is 554 g/mol. The molecule has 0 bridgehead atoms. The summed E-state index contributed by atoms with van der Waals surface area (Å²) in [6.07, 6.45) is -2.62. The third-order valence-electron chi connectivity index (χ3n) is 5.04. The lowest BCUT2D eigenvalue weighted by atomic mass is 9.93. The van der Waals surface area contributed by atoms with E-state index in [4.69, 9.17) is 14.9 Å². The minimum Gasteiger partial charge on any atom is -0.491 e. The maximum atomic E-state index is 13.8. The van der Waals surface area contributed by atoms with Gasteiger partial charge < -0.3 is 20.2 Å². The molecule has 0 fully saturated rings. The molecule has 10 heteroatoms. The Labute approximate surface area is 210 Å². The fourth-order valence-electron chi connectivity index (χ4n) is 3.76. The summed E-state index contributed by atoms with van der Waals surface area (Å²) in [5.41, 5.74) is 5.29. The number of furan rings is 1. The van der Waals surface area contributed by atoms with Crippen LogP contribution < -0.4 is 15.8 Å². The van der Waals surface area contributed by atoms with E-state index in [0.29, 0.717) is 28.0 Å². The van der Waals surface area contributed by atoms with Crippen LogP contribution in [-0.4, -0.2) is 23.0 Å². The van der Waals surface area contributed by atoms with Crippen LogP contribution in [0.5, 0.6) is 5.75 Å². The first-order valence-electron chi connectivity index (χ1n) is 11.0. The molecule has 0 saturated heterocycles. The lowest BCUT2D eigenvalue weighted by molar-refractivity contribution is -0.139. The number of pyridine rings is 1. The number of carbonyl (C=O) groups is 1. The Morgan fingerprint density at radius 3 is 2.51 bits per heavy atom. The number of anilines is 1. The van der Waals surface area contributed by atoms with Crippen LogP contribution in [0.15, 0.2) is 57.7 Å². The number of amides is 1. The van der Waals surface area contributed by atoms with Crippen molar-refractivity contribution in [2.24, 2.45) is 11.7 Å². The number of carbonyl (C=O) groups excluding carboxylic acids is 1. The van der Waals surface area contributed by atoms with Gasteiger partial charge in [-0.25, -0.2) is 4.98 Å². The zero-order valence-electron chi connectivity index (χ0n) is 19.6. The normalized spacial score (nSPS) is 13.5. The number of nitrogens with one attached hydrogen (secondary N) is 1. The summed E-state index contributed by atoms with van der Waals surface area (Å²) >= 11 is 3.17. The largest absolute Gasteiger partial charge is 0.491 e. The minimum atomic E-state index is -4.63. The van der Waals surface area contributed by atoms with Crippen LogP contribution in [0.25, 0.3) is 11.1 Å². The van der Waals surface area contributed by atoms with Gasteiger partial charge in [0, 0.05) is 11.7 Å². The molecule has 1 amide bonds. The predicted octanol–water partition coefficient (Wildman–Crippen LogP) is 6.45. The first-order chi connectivity index (χ1) is 16.3. The lowest BCUT2D eigenvalue weighted by Crippen LogP contribution is -2.43. The monoisotopic (exact) mass is 553 g/mol. The molecule has 1 atom stereocenters. The zero-order chi connectivity index (χ0) is 25.8. The van der Waals surface area contributed by atoms with Crippen LogP contribution in [0.2, 0.25) is 0 Å². The van der Waals surface area contributed by atoms with Gasteiger partial charge in [-0.2, -0.15) is 13.2 Å². The van der Waals surface area contributed by atoms with E-state index < -0.39 is 17.3 Å². The molecular formula is C25H27BrF3N3O3. The third kappa shape index (κ3) is 7.83. The number of benzene rings is 1. The second-order valence-corrected chi connectivity index (χ2v) is 9.89. The number of halogens is 4. The summed E-state index contributed by atoms with van der Waals surface area (Å²) in [4.78, 5) is 16.4. The maximum Gasteiger partial charge on any atom is 0.419 e. The van der Waals surface area contributed by atoms with E-state index >= 15 is 0 Å². The summed E-state index contributed by atoms with van der Waals surface area (Å²) < 4.78 is 52.9. The van der Waals surface area contributed by atoms with Gasteiger partial charge >= 0.3 is 6.18 Å². The maximum absolute atomic E-state index is 13.8. The van der Waals surface area contributed by atoms with Gasteiger partial charge in [0.1, 0.15) is 23.9 Å². The second-order valence-electron chi connectivity index (χ2n) is 9.11. The van der Waals surface area contributed by atoms with Crippen molar-refractivity contribution in [1.29, 1.82) is 0 Å². The highest BCUT2D eigenvalue weighted by Gasteiger charge is 2.35. The Bertz CT molecular complexity index is 1180. The molecular weight excluding hydrogens is 527 g/mol. The summed E-state index contributed by atoms with van der Waals surface area (Å²) in [6.45, 7) is 5.68. The number of nitrogens with two attached hydrogens (primary N) is 1. The molecule has 3 rings (SSSR count). The van der Waals surface area contributed by atoms with Gasteiger partial charge in [0.15, 0.2) is 4.67 Å². The quantitative estimate of drug-likeness (QED) is 0.318. The molecule has 3 N–H and O–H groups in total. The van der Waals surface area contributed by atoms with Gasteiger partial charge in [0.2, 0.25) is 5.91 Å². The standard InChI is InChI=1S/C25H27BrF3N3O3/c1-15(2)13-24(3,30)14-34-20-6-4-16(10-19(20)25(27,28)29)17-8-9-31-22(11-17)32-23(33)12-18-5-7-21(26)35-18/h4-11,15H,12-14,30H2,1-3H3,(H,31,32,33)/t24-/m0/s1. The van der Waals surface area contributed by atoms with Crippen LogP contribution in [0.3, 0.4) is 0 Å². The summed E-state index contributed by atoms with van der Waals surface area (Å²) in [6, 6.07) is 10.2. The number of rotatable bonds is 9. The number of nitrogens with zero attached hydrogens (tertiary/aromatic N) is 1. The zero-order valence-corrected chi connectivity index (χ0v) is 21.2. The summed E-state index contributed by atoms with van der Waals surface area (Å²) in [5.74, 6) is 0.286. The Kier molecular flexibility index (Phi) is 8.27. The van der Waals surface area contributed by atoms with Crippen molar-refractivity contribution in [3.05, 3.63) is 64.7 Å². The van der Waals surface area contributed by atoms with Crippen LogP contribution in [-0.2, 0) is 17.4 Å². The fraction of sp³-hybridized carbons (Fsp3) is 0.360. The molecule has 0 saturated carbocycles. The van der Waals surface area contributed by atoms with E-state index in [2.05, 4.69) is 26.2 Å². The van der Waals surface area contributed by atoms with Crippen molar-refractivity contribution in [3.8, 4) is 16.9 Å². The van der Waals surface area contributed by atoms with E-state index in [9.17, 15) is 18.0 Å². The van der Waals surface area contributed by atoms with Crippen LogP contribution in [0, 0.1) is 5.92 Å². The van der Waals surface area contributed by atoms with Crippen molar-refractivity contribution in [1.82, 2.24) is 4.98 Å². The lowest BCUT2D eigenvalue weighted by Gasteiger charge is -2.27. The molecule has 35 heavy (non-hydrogen) atoms. The second kappa shape index (κ2) is 10.8. The van der Waals surface area contributed by atoms with Gasteiger partial charge in [0.25, 0.3) is 0 Å². The van der Waals surface area contributed by atoms with Crippen molar-refractivity contribution in [2.75, 3.05) is 11.9 Å². The highest BCUT2D eigenvalue weighted by atomic mass is 79.9. The highest BCUT2D eigenvalue weighted by Crippen LogP contribution is 2.39. The van der Waals surface area contributed by atoms with Crippen molar-refractivity contribution < 1.29 is 27.1 Å². The van der Waals surface area contributed by atoms with Gasteiger partial charge in [-0.05, 0) is 82.7 Å². The first kappa shape index (κ1) is 26.7. The fourth-order valence-corrected chi connectivity index (χ4v) is 4.10. The van der Waals surface area contributed by atoms with E-state index in [1.807, 2.05) is 13.8 Å². The summed E-state index contributed by atoms with van der Waals surface area (Å²) in [7, 11) is 0. The van der Waals surface area contributed by atoms with Crippen LogP contribution in [0.4, 0.5) is 19.0 Å². The smallest absolute Gasteiger partial charge is 0.419 e. The number of alkyl halides is 3.